The summed E-state index contributed by atoms with van der Waals surface area (Å²) >= 11 is 0. The maximum absolute atomic E-state index is 10.1. The fraction of sp³-hybridized carbons (Fsp3) is 0.652. The molecular formula is C23H36N4O6. The summed E-state index contributed by atoms with van der Waals surface area (Å²) < 4.78 is 12.9. The van der Waals surface area contributed by atoms with Gasteiger partial charge in [-0.1, -0.05) is 48.4 Å². The van der Waals surface area contributed by atoms with Crippen molar-refractivity contribution in [1.29, 1.82) is 0 Å². The predicted octanol–water partition coefficient (Wildman–Crippen LogP) is -0.232. The van der Waals surface area contributed by atoms with Crippen molar-refractivity contribution in [2.75, 3.05) is 13.2 Å². The fourth-order valence-electron chi connectivity index (χ4n) is 4.04. The summed E-state index contributed by atoms with van der Waals surface area (Å²) in [6.07, 6.45) is 0.354. The van der Waals surface area contributed by atoms with Gasteiger partial charge in [0, 0.05) is 12.6 Å². The minimum absolute atomic E-state index is 0.0495. The van der Waals surface area contributed by atoms with Crippen LogP contribution in [0.1, 0.15) is 36.9 Å². The Morgan fingerprint density at radius 3 is 2.55 bits per heavy atom. The molecule has 1 aromatic heterocycles. The van der Waals surface area contributed by atoms with E-state index in [1.165, 1.54) is 5.56 Å². The third-order valence-corrected chi connectivity index (χ3v) is 5.87. The number of nitrogens with two attached hydrogens (primary N) is 1. The van der Waals surface area contributed by atoms with Gasteiger partial charge >= 0.3 is 0 Å². The maximum Gasteiger partial charge on any atom is 0.111 e. The molecule has 2 heterocycles. The van der Waals surface area contributed by atoms with Gasteiger partial charge in [-0.15, -0.1) is 5.10 Å². The standard InChI is InChI=1S/C23H36N4O6/c24-17(11-16-7-3-1-4-8-16)12-27-13-18(25-26-27)15-32-10-6-2-5-9-19-21(29)23(31)22(30)20(14-28)33-19/h1,3-4,7-8,13,17,19-23,28-31H,2,5-6,9-12,14-15,24H2/t17-,19?,20?,21?,22?,23?/m1/s1. The first-order valence-corrected chi connectivity index (χ1v) is 11.5. The number of ether oxygens (including phenoxy) is 2. The van der Waals surface area contributed by atoms with Crippen molar-refractivity contribution in [3.8, 4) is 0 Å². The number of nitrogens with zero attached hydrogens (tertiary/aromatic N) is 3. The molecule has 2 aromatic rings. The van der Waals surface area contributed by atoms with Crippen molar-refractivity contribution in [1.82, 2.24) is 15.0 Å². The van der Waals surface area contributed by atoms with E-state index in [0.29, 0.717) is 26.2 Å². The molecule has 5 unspecified atom stereocenters. The number of unbranched alkanes of at least 4 members (excludes halogenated alkanes) is 2. The maximum atomic E-state index is 10.1. The molecular weight excluding hydrogens is 428 g/mol. The van der Waals surface area contributed by atoms with E-state index in [2.05, 4.69) is 22.4 Å². The molecule has 0 radical (unpaired) electrons. The van der Waals surface area contributed by atoms with E-state index >= 15 is 0 Å². The van der Waals surface area contributed by atoms with Crippen molar-refractivity contribution < 1.29 is 29.9 Å². The normalized spacial score (nSPS) is 26.4. The number of benzene rings is 1. The van der Waals surface area contributed by atoms with Crippen LogP contribution in [0, 0.1) is 0 Å². The van der Waals surface area contributed by atoms with E-state index < -0.39 is 37.1 Å². The Kier molecular flexibility index (Phi) is 10.2. The Balaban J connectivity index is 1.27. The topological polar surface area (TPSA) is 156 Å². The number of aliphatic hydroxyl groups excluding tert-OH is 4. The number of aromatic nitrogens is 3. The molecule has 6 N–H and O–H groups in total. The largest absolute Gasteiger partial charge is 0.394 e. The molecule has 0 saturated carbocycles. The van der Waals surface area contributed by atoms with Crippen molar-refractivity contribution in [3.05, 3.63) is 47.8 Å². The number of hydrogen-bond donors (Lipinski definition) is 5. The minimum Gasteiger partial charge on any atom is -0.394 e. The lowest BCUT2D eigenvalue weighted by Crippen LogP contribution is -2.58. The van der Waals surface area contributed by atoms with E-state index in [1.54, 1.807) is 4.68 Å². The number of aliphatic hydroxyl groups is 4. The highest BCUT2D eigenvalue weighted by Crippen LogP contribution is 2.24. The fourth-order valence-corrected chi connectivity index (χ4v) is 4.04. The summed E-state index contributed by atoms with van der Waals surface area (Å²) in [6, 6.07) is 10.1. The summed E-state index contributed by atoms with van der Waals surface area (Å²) in [5.74, 6) is 0. The van der Waals surface area contributed by atoms with E-state index in [9.17, 15) is 20.4 Å². The van der Waals surface area contributed by atoms with Gasteiger partial charge in [0.2, 0.25) is 0 Å². The van der Waals surface area contributed by atoms with Gasteiger partial charge in [0.15, 0.2) is 0 Å². The summed E-state index contributed by atoms with van der Waals surface area (Å²) in [6.45, 7) is 1.12. The second-order valence-electron chi connectivity index (χ2n) is 8.65. The van der Waals surface area contributed by atoms with Crippen molar-refractivity contribution in [2.24, 2.45) is 5.73 Å². The molecule has 0 spiro atoms. The van der Waals surface area contributed by atoms with Gasteiger partial charge in [-0.25, -0.2) is 0 Å². The molecule has 184 valence electrons. The zero-order valence-corrected chi connectivity index (χ0v) is 18.8. The van der Waals surface area contributed by atoms with Crippen LogP contribution in [0.15, 0.2) is 36.5 Å². The summed E-state index contributed by atoms with van der Waals surface area (Å²) in [5, 5.41) is 47.2. The molecule has 1 fully saturated rings. The summed E-state index contributed by atoms with van der Waals surface area (Å²) in [7, 11) is 0. The highest BCUT2D eigenvalue weighted by Gasteiger charge is 2.42. The quantitative estimate of drug-likeness (QED) is 0.253. The summed E-state index contributed by atoms with van der Waals surface area (Å²) in [4.78, 5) is 0. The molecule has 33 heavy (non-hydrogen) atoms. The van der Waals surface area contributed by atoms with E-state index in [-0.39, 0.29) is 6.04 Å². The van der Waals surface area contributed by atoms with E-state index in [4.69, 9.17) is 15.2 Å². The average molecular weight is 465 g/mol. The smallest absolute Gasteiger partial charge is 0.111 e. The molecule has 0 bridgehead atoms. The second-order valence-corrected chi connectivity index (χ2v) is 8.65. The molecule has 6 atom stereocenters. The van der Waals surface area contributed by atoms with Crippen molar-refractivity contribution >= 4 is 0 Å². The van der Waals surface area contributed by atoms with Gasteiger partial charge in [-0.2, -0.15) is 0 Å². The Bertz CT molecular complexity index is 805. The van der Waals surface area contributed by atoms with Crippen LogP contribution in [0.2, 0.25) is 0 Å². The van der Waals surface area contributed by atoms with Gasteiger partial charge in [0.05, 0.1) is 32.1 Å². The van der Waals surface area contributed by atoms with Gasteiger partial charge in [0.1, 0.15) is 30.1 Å². The third kappa shape index (κ3) is 7.82. The lowest BCUT2D eigenvalue weighted by molar-refractivity contribution is -0.230. The van der Waals surface area contributed by atoms with Crippen LogP contribution >= 0.6 is 0 Å². The molecule has 10 nitrogen and oxygen atoms in total. The van der Waals surface area contributed by atoms with Crippen LogP contribution in [0.25, 0.3) is 0 Å². The average Bonchev–Trinajstić information content (AvgIpc) is 3.25. The Hall–Kier alpha value is -1.92. The third-order valence-electron chi connectivity index (χ3n) is 5.87. The SMILES string of the molecule is N[C@H](Cc1ccccc1)Cn1cc(COCCCCCC2OC(CO)C(O)C(O)C2O)nn1. The summed E-state index contributed by atoms with van der Waals surface area (Å²) in [5.41, 5.74) is 8.17. The van der Waals surface area contributed by atoms with Gasteiger partial charge in [-0.05, 0) is 24.8 Å². The van der Waals surface area contributed by atoms with Gasteiger partial charge in [0.25, 0.3) is 0 Å². The zero-order chi connectivity index (χ0) is 23.6. The Morgan fingerprint density at radius 2 is 1.79 bits per heavy atom. The molecule has 1 aromatic carbocycles. The number of rotatable bonds is 13. The van der Waals surface area contributed by atoms with Crippen LogP contribution in [0.4, 0.5) is 0 Å². The molecule has 3 rings (SSSR count). The lowest BCUT2D eigenvalue weighted by atomic mass is 9.92. The predicted molar refractivity (Wildman–Crippen MR) is 120 cm³/mol. The minimum atomic E-state index is -1.31. The van der Waals surface area contributed by atoms with Crippen LogP contribution in [0.5, 0.6) is 0 Å². The Labute approximate surface area is 193 Å². The van der Waals surface area contributed by atoms with Crippen molar-refractivity contribution in [2.45, 2.75) is 81.8 Å². The molecule has 10 heteroatoms. The second kappa shape index (κ2) is 13.1. The van der Waals surface area contributed by atoms with Crippen LogP contribution in [0.3, 0.4) is 0 Å². The lowest BCUT2D eigenvalue weighted by Gasteiger charge is -2.40. The molecule has 0 aliphatic carbocycles. The first-order valence-electron chi connectivity index (χ1n) is 11.5. The Morgan fingerprint density at radius 1 is 1.03 bits per heavy atom. The van der Waals surface area contributed by atoms with Crippen molar-refractivity contribution in [3.63, 3.8) is 0 Å². The van der Waals surface area contributed by atoms with E-state index in [0.717, 1.165) is 31.4 Å². The highest BCUT2D eigenvalue weighted by atomic mass is 16.5. The zero-order valence-electron chi connectivity index (χ0n) is 18.8. The first kappa shape index (κ1) is 25.7. The van der Waals surface area contributed by atoms with Crippen LogP contribution in [-0.4, -0.2) is 85.2 Å². The van der Waals surface area contributed by atoms with Crippen LogP contribution < -0.4 is 5.73 Å². The van der Waals surface area contributed by atoms with Crippen LogP contribution in [-0.2, 0) is 29.0 Å². The highest BCUT2D eigenvalue weighted by molar-refractivity contribution is 5.15. The monoisotopic (exact) mass is 464 g/mol. The van der Waals surface area contributed by atoms with Gasteiger partial charge in [-0.3, -0.25) is 4.68 Å². The van der Waals surface area contributed by atoms with E-state index in [1.807, 2.05) is 24.4 Å². The number of hydrogen-bond acceptors (Lipinski definition) is 9. The molecule has 1 aliphatic heterocycles. The first-order chi connectivity index (χ1) is 16.0. The molecule has 1 saturated heterocycles. The molecule has 1 aliphatic rings. The molecule has 0 amide bonds. The van der Waals surface area contributed by atoms with Gasteiger partial charge < -0.3 is 35.6 Å².